The quantitative estimate of drug-likeness (QED) is 0.712. The van der Waals surface area contributed by atoms with E-state index < -0.39 is 0 Å². The van der Waals surface area contributed by atoms with Gasteiger partial charge in [0.05, 0.1) is 5.01 Å². The van der Waals surface area contributed by atoms with Gasteiger partial charge in [-0.3, -0.25) is 4.79 Å². The van der Waals surface area contributed by atoms with E-state index in [1.807, 2.05) is 5.38 Å². The van der Waals surface area contributed by atoms with Crippen molar-refractivity contribution in [2.75, 3.05) is 0 Å². The van der Waals surface area contributed by atoms with E-state index in [0.717, 1.165) is 11.4 Å². The second kappa shape index (κ2) is 5.40. The van der Waals surface area contributed by atoms with Gasteiger partial charge in [-0.2, -0.15) is 0 Å². The molecule has 0 unspecified atom stereocenters. The molecule has 2 nitrogen and oxygen atoms in total. The molecule has 0 N–H and O–H groups in total. The molecule has 1 heterocycles. The summed E-state index contributed by atoms with van der Waals surface area (Å²) in [6.45, 7) is 8.46. The fourth-order valence-corrected chi connectivity index (χ4v) is 2.07. The van der Waals surface area contributed by atoms with Crippen molar-refractivity contribution >= 4 is 17.1 Å². The average Bonchev–Trinajstić information content (AvgIpc) is 2.62. The van der Waals surface area contributed by atoms with E-state index in [-0.39, 0.29) is 5.78 Å². The maximum atomic E-state index is 11.7. The predicted octanol–water partition coefficient (Wildman–Crippen LogP) is 3.89. The van der Waals surface area contributed by atoms with Crippen LogP contribution >= 0.6 is 11.3 Å². The molecule has 0 saturated carbocycles. The minimum Gasteiger partial charge on any atom is -0.292 e. The molecule has 0 aliphatic heterocycles. The third kappa shape index (κ3) is 3.74. The lowest BCUT2D eigenvalue weighted by Crippen LogP contribution is -2.02. The summed E-state index contributed by atoms with van der Waals surface area (Å²) >= 11 is 1.59. The summed E-state index contributed by atoms with van der Waals surface area (Å²) in [6.07, 6.45) is 1.58. The first-order chi connectivity index (χ1) is 7.00. The number of Topliss-reactive ketones (excluding diaryl/α,β-unsaturated/α-hetero) is 1. The van der Waals surface area contributed by atoms with Crippen molar-refractivity contribution in [2.24, 2.45) is 5.92 Å². The number of thiazole rings is 1. The molecule has 0 atom stereocenters. The first-order valence-corrected chi connectivity index (χ1v) is 6.37. The van der Waals surface area contributed by atoms with Crippen LogP contribution in [0.15, 0.2) is 5.38 Å². The van der Waals surface area contributed by atoms with Gasteiger partial charge in [0, 0.05) is 17.7 Å². The van der Waals surface area contributed by atoms with Crippen LogP contribution in [-0.2, 0) is 0 Å². The first kappa shape index (κ1) is 12.4. The molecule has 1 aromatic rings. The Balaban J connectivity index is 2.58. The van der Waals surface area contributed by atoms with Crippen molar-refractivity contribution in [1.82, 2.24) is 4.98 Å². The zero-order chi connectivity index (χ0) is 11.4. The third-order valence-corrected chi connectivity index (χ3v) is 3.40. The van der Waals surface area contributed by atoms with E-state index in [4.69, 9.17) is 0 Å². The highest BCUT2D eigenvalue weighted by Crippen LogP contribution is 2.20. The molecular weight excluding hydrogens is 206 g/mol. The molecule has 0 bridgehead atoms. The fraction of sp³-hybridized carbons (Fsp3) is 0.667. The molecule has 15 heavy (non-hydrogen) atoms. The summed E-state index contributed by atoms with van der Waals surface area (Å²) in [5.41, 5.74) is 0.657. The summed E-state index contributed by atoms with van der Waals surface area (Å²) < 4.78 is 0. The van der Waals surface area contributed by atoms with E-state index in [1.165, 1.54) is 0 Å². The van der Waals surface area contributed by atoms with Crippen LogP contribution in [0.25, 0.3) is 0 Å². The van der Waals surface area contributed by atoms with Gasteiger partial charge in [-0.25, -0.2) is 4.98 Å². The zero-order valence-electron chi connectivity index (χ0n) is 9.91. The Labute approximate surface area is 95.7 Å². The average molecular weight is 225 g/mol. The smallest absolute Gasteiger partial charge is 0.182 e. The normalized spacial score (nSPS) is 11.3. The zero-order valence-corrected chi connectivity index (χ0v) is 10.7. The second-order valence-electron chi connectivity index (χ2n) is 4.58. The van der Waals surface area contributed by atoms with E-state index in [9.17, 15) is 4.79 Å². The fourth-order valence-electron chi connectivity index (χ4n) is 1.23. The summed E-state index contributed by atoms with van der Waals surface area (Å²) in [4.78, 5) is 16.1. The highest BCUT2D eigenvalue weighted by atomic mass is 32.1. The van der Waals surface area contributed by atoms with Crippen LogP contribution < -0.4 is 0 Å². The monoisotopic (exact) mass is 225 g/mol. The summed E-state index contributed by atoms with van der Waals surface area (Å²) in [5.74, 6) is 1.19. The standard InChI is InChI=1S/C12H19NOS/c1-8(2)5-6-11(14)10-7-15-12(13-10)9(3)4/h7-9H,5-6H2,1-4H3. The van der Waals surface area contributed by atoms with Crippen molar-refractivity contribution in [3.63, 3.8) is 0 Å². The molecule has 0 aliphatic rings. The van der Waals surface area contributed by atoms with Crippen molar-refractivity contribution in [2.45, 2.75) is 46.5 Å². The molecule has 0 aromatic carbocycles. The highest BCUT2D eigenvalue weighted by Gasteiger charge is 2.12. The van der Waals surface area contributed by atoms with Crippen LogP contribution in [0.1, 0.15) is 62.0 Å². The van der Waals surface area contributed by atoms with Crippen LogP contribution in [0, 0.1) is 5.92 Å². The van der Waals surface area contributed by atoms with Crippen LogP contribution in [0.4, 0.5) is 0 Å². The topological polar surface area (TPSA) is 30.0 Å². The predicted molar refractivity (Wildman–Crippen MR) is 64.6 cm³/mol. The Morgan fingerprint density at radius 3 is 2.53 bits per heavy atom. The number of carbonyl (C=O) groups is 1. The Bertz CT molecular complexity index is 328. The van der Waals surface area contributed by atoms with E-state index in [0.29, 0.717) is 24.0 Å². The van der Waals surface area contributed by atoms with Gasteiger partial charge in [0.25, 0.3) is 0 Å². The Hall–Kier alpha value is -0.700. The van der Waals surface area contributed by atoms with Crippen LogP contribution in [0.3, 0.4) is 0 Å². The third-order valence-electron chi connectivity index (χ3n) is 2.25. The van der Waals surface area contributed by atoms with E-state index in [2.05, 4.69) is 32.7 Å². The van der Waals surface area contributed by atoms with Gasteiger partial charge in [-0.1, -0.05) is 27.7 Å². The Morgan fingerprint density at radius 2 is 2.07 bits per heavy atom. The summed E-state index contributed by atoms with van der Waals surface area (Å²) in [5, 5.41) is 2.95. The number of carbonyl (C=O) groups excluding carboxylic acids is 1. The molecule has 1 aromatic heterocycles. The van der Waals surface area contributed by atoms with Gasteiger partial charge in [0.2, 0.25) is 0 Å². The second-order valence-corrected chi connectivity index (χ2v) is 5.47. The largest absolute Gasteiger partial charge is 0.292 e. The van der Waals surface area contributed by atoms with Gasteiger partial charge in [0.15, 0.2) is 5.78 Å². The minimum atomic E-state index is 0.187. The van der Waals surface area contributed by atoms with Gasteiger partial charge in [0.1, 0.15) is 5.69 Å². The van der Waals surface area contributed by atoms with Crippen molar-refractivity contribution in [3.8, 4) is 0 Å². The van der Waals surface area contributed by atoms with Gasteiger partial charge in [-0.05, 0) is 12.3 Å². The lowest BCUT2D eigenvalue weighted by Gasteiger charge is -2.01. The number of hydrogen-bond donors (Lipinski definition) is 0. The Kier molecular flexibility index (Phi) is 4.45. The number of aromatic nitrogens is 1. The van der Waals surface area contributed by atoms with E-state index >= 15 is 0 Å². The van der Waals surface area contributed by atoms with Crippen molar-refractivity contribution in [1.29, 1.82) is 0 Å². The molecule has 0 fully saturated rings. The number of nitrogens with zero attached hydrogens (tertiary/aromatic N) is 1. The number of rotatable bonds is 5. The molecule has 0 saturated heterocycles. The SMILES string of the molecule is CC(C)CCC(=O)c1csc(C(C)C)n1. The summed E-state index contributed by atoms with van der Waals surface area (Å²) in [6, 6.07) is 0. The van der Waals surface area contributed by atoms with Crippen LogP contribution in [-0.4, -0.2) is 10.8 Å². The van der Waals surface area contributed by atoms with Gasteiger partial charge in [-0.15, -0.1) is 11.3 Å². The molecule has 0 aliphatic carbocycles. The minimum absolute atomic E-state index is 0.187. The van der Waals surface area contributed by atoms with E-state index in [1.54, 1.807) is 11.3 Å². The maximum Gasteiger partial charge on any atom is 0.182 e. The molecular formula is C12H19NOS. The first-order valence-electron chi connectivity index (χ1n) is 5.49. The summed E-state index contributed by atoms with van der Waals surface area (Å²) in [7, 11) is 0. The van der Waals surface area contributed by atoms with Gasteiger partial charge >= 0.3 is 0 Å². The molecule has 0 spiro atoms. The molecule has 0 radical (unpaired) electrons. The van der Waals surface area contributed by atoms with Crippen LogP contribution in [0.5, 0.6) is 0 Å². The van der Waals surface area contributed by atoms with Crippen molar-refractivity contribution in [3.05, 3.63) is 16.1 Å². The number of ketones is 1. The maximum absolute atomic E-state index is 11.7. The van der Waals surface area contributed by atoms with Crippen LogP contribution in [0.2, 0.25) is 0 Å². The molecule has 84 valence electrons. The molecule has 3 heteroatoms. The Morgan fingerprint density at radius 1 is 1.40 bits per heavy atom. The molecule has 0 amide bonds. The lowest BCUT2D eigenvalue weighted by atomic mass is 10.0. The lowest BCUT2D eigenvalue weighted by molar-refractivity contribution is 0.0971. The molecule has 1 rings (SSSR count). The van der Waals surface area contributed by atoms with Crippen molar-refractivity contribution < 1.29 is 4.79 Å². The number of hydrogen-bond acceptors (Lipinski definition) is 3. The highest BCUT2D eigenvalue weighted by molar-refractivity contribution is 7.09. The van der Waals surface area contributed by atoms with Gasteiger partial charge < -0.3 is 0 Å².